The lowest BCUT2D eigenvalue weighted by Gasteiger charge is -2.30. The first-order valence-electron chi connectivity index (χ1n) is 7.44. The number of benzene rings is 1. The van der Waals surface area contributed by atoms with E-state index in [1.165, 1.54) is 10.8 Å². The Bertz CT molecular complexity index is 419. The third kappa shape index (κ3) is 4.28. The van der Waals surface area contributed by atoms with E-state index in [1.807, 2.05) is 6.08 Å². The molecular weight excluding hydrogens is 266 g/mol. The van der Waals surface area contributed by atoms with Gasteiger partial charge in [0.1, 0.15) is 8.80 Å². The molecule has 2 rings (SSSR count). The molecule has 20 heavy (non-hydrogen) atoms. The average molecular weight is 291 g/mol. The number of morpholine rings is 1. The maximum atomic E-state index is 5.76. The van der Waals surface area contributed by atoms with Gasteiger partial charge in [0, 0.05) is 25.9 Å². The van der Waals surface area contributed by atoms with Gasteiger partial charge in [-0.25, -0.2) is 0 Å². The molecule has 1 unspecified atom stereocenters. The molecule has 1 aromatic carbocycles. The van der Waals surface area contributed by atoms with Crippen LogP contribution in [0.15, 0.2) is 30.8 Å². The summed E-state index contributed by atoms with van der Waals surface area (Å²) in [7, 11) is -1.16. The second-order valence-electron chi connectivity index (χ2n) is 5.10. The Morgan fingerprint density at radius 1 is 1.35 bits per heavy atom. The second kappa shape index (κ2) is 8.37. The minimum atomic E-state index is -1.16. The SMILES string of the molecule is C=Cc1ccccc1[SiH](COCC)CN1CCOCC1. The van der Waals surface area contributed by atoms with Gasteiger partial charge >= 0.3 is 0 Å². The van der Waals surface area contributed by atoms with Crippen LogP contribution in [0.25, 0.3) is 6.08 Å². The fourth-order valence-electron chi connectivity index (χ4n) is 2.66. The zero-order valence-electron chi connectivity index (χ0n) is 12.4. The van der Waals surface area contributed by atoms with Crippen molar-refractivity contribution in [1.82, 2.24) is 4.90 Å². The van der Waals surface area contributed by atoms with Gasteiger partial charge in [-0.2, -0.15) is 0 Å². The van der Waals surface area contributed by atoms with Crippen LogP contribution in [0.3, 0.4) is 0 Å². The Kier molecular flexibility index (Phi) is 6.46. The molecule has 1 heterocycles. The molecule has 0 aliphatic carbocycles. The summed E-state index contributed by atoms with van der Waals surface area (Å²) in [6, 6.07) is 8.63. The smallest absolute Gasteiger partial charge is 0.115 e. The summed E-state index contributed by atoms with van der Waals surface area (Å²) in [4.78, 5) is 2.53. The average Bonchev–Trinajstić information content (AvgIpc) is 2.52. The van der Waals surface area contributed by atoms with Gasteiger partial charge in [-0.05, 0) is 18.7 Å². The van der Waals surface area contributed by atoms with E-state index in [0.29, 0.717) is 0 Å². The van der Waals surface area contributed by atoms with E-state index in [1.54, 1.807) is 0 Å². The van der Waals surface area contributed by atoms with Crippen LogP contribution in [0, 0.1) is 0 Å². The highest BCUT2D eigenvalue weighted by atomic mass is 28.3. The number of ether oxygens (including phenoxy) is 2. The van der Waals surface area contributed by atoms with Crippen molar-refractivity contribution < 1.29 is 9.47 Å². The monoisotopic (exact) mass is 291 g/mol. The predicted molar refractivity (Wildman–Crippen MR) is 87.1 cm³/mol. The summed E-state index contributed by atoms with van der Waals surface area (Å²) < 4.78 is 11.2. The van der Waals surface area contributed by atoms with Crippen LogP contribution in [0.2, 0.25) is 0 Å². The van der Waals surface area contributed by atoms with Crippen molar-refractivity contribution in [3.63, 3.8) is 0 Å². The first-order chi connectivity index (χ1) is 9.85. The number of hydrogen-bond acceptors (Lipinski definition) is 3. The largest absolute Gasteiger partial charge is 0.385 e. The molecule has 1 aliphatic rings. The van der Waals surface area contributed by atoms with Gasteiger partial charge in [-0.1, -0.05) is 42.1 Å². The van der Waals surface area contributed by atoms with Gasteiger partial charge in [-0.3, -0.25) is 0 Å². The molecular formula is C16H25NO2Si. The van der Waals surface area contributed by atoms with Crippen molar-refractivity contribution in [2.75, 3.05) is 45.3 Å². The highest BCUT2D eigenvalue weighted by Gasteiger charge is 2.21. The van der Waals surface area contributed by atoms with E-state index in [2.05, 4.69) is 42.7 Å². The lowest BCUT2D eigenvalue weighted by atomic mass is 10.2. The van der Waals surface area contributed by atoms with E-state index in [-0.39, 0.29) is 0 Å². The van der Waals surface area contributed by atoms with Crippen LogP contribution >= 0.6 is 0 Å². The third-order valence-electron chi connectivity index (χ3n) is 3.76. The fourth-order valence-corrected chi connectivity index (χ4v) is 5.72. The van der Waals surface area contributed by atoms with Gasteiger partial charge in [0.25, 0.3) is 0 Å². The number of hydrogen-bond donors (Lipinski definition) is 0. The summed E-state index contributed by atoms with van der Waals surface area (Å²) in [6.07, 6.45) is 4.04. The van der Waals surface area contributed by atoms with Gasteiger partial charge in [0.15, 0.2) is 0 Å². The highest BCUT2D eigenvalue weighted by Crippen LogP contribution is 2.04. The maximum Gasteiger partial charge on any atom is 0.115 e. The molecule has 1 aliphatic heterocycles. The van der Waals surface area contributed by atoms with Crippen molar-refractivity contribution in [2.45, 2.75) is 6.92 Å². The first kappa shape index (κ1) is 15.4. The number of rotatable bonds is 7. The van der Waals surface area contributed by atoms with Crippen molar-refractivity contribution in [3.8, 4) is 0 Å². The topological polar surface area (TPSA) is 21.7 Å². The van der Waals surface area contributed by atoms with Gasteiger partial charge in [0.2, 0.25) is 0 Å². The molecule has 0 radical (unpaired) electrons. The predicted octanol–water partition coefficient (Wildman–Crippen LogP) is 1.21. The molecule has 1 aromatic rings. The molecule has 0 N–H and O–H groups in total. The Morgan fingerprint density at radius 3 is 2.80 bits per heavy atom. The number of nitrogens with zero attached hydrogens (tertiary/aromatic N) is 1. The molecule has 1 saturated heterocycles. The minimum absolute atomic E-state index is 0.795. The van der Waals surface area contributed by atoms with Gasteiger partial charge < -0.3 is 14.4 Å². The van der Waals surface area contributed by atoms with E-state index in [0.717, 1.165) is 45.3 Å². The highest BCUT2D eigenvalue weighted by molar-refractivity contribution is 6.74. The van der Waals surface area contributed by atoms with Crippen LogP contribution in [0.5, 0.6) is 0 Å². The van der Waals surface area contributed by atoms with Crippen molar-refractivity contribution >= 4 is 20.1 Å². The van der Waals surface area contributed by atoms with E-state index in [9.17, 15) is 0 Å². The molecule has 1 fully saturated rings. The summed E-state index contributed by atoms with van der Waals surface area (Å²) in [5, 5.41) is 1.47. The van der Waals surface area contributed by atoms with E-state index < -0.39 is 8.80 Å². The molecule has 0 bridgehead atoms. The van der Waals surface area contributed by atoms with Crippen LogP contribution in [0.4, 0.5) is 0 Å². The Balaban J connectivity index is 2.10. The first-order valence-corrected chi connectivity index (χ1v) is 9.65. The Labute approximate surface area is 123 Å². The zero-order valence-corrected chi connectivity index (χ0v) is 13.5. The van der Waals surface area contributed by atoms with Crippen molar-refractivity contribution in [2.24, 2.45) is 0 Å². The lowest BCUT2D eigenvalue weighted by molar-refractivity contribution is 0.0454. The molecule has 0 saturated carbocycles. The summed E-state index contributed by atoms with van der Waals surface area (Å²) in [5.74, 6) is 0. The third-order valence-corrected chi connectivity index (χ3v) is 6.76. The molecule has 1 atom stereocenters. The van der Waals surface area contributed by atoms with Crippen LogP contribution < -0.4 is 5.19 Å². The lowest BCUT2D eigenvalue weighted by Crippen LogP contribution is -2.50. The molecule has 0 spiro atoms. The molecule has 4 heteroatoms. The summed E-state index contributed by atoms with van der Waals surface area (Å²) in [6.45, 7) is 10.6. The standard InChI is InChI=1S/C16H25NO2Si/c1-3-15-7-5-6-8-16(15)20(14-18-4-2)13-17-9-11-19-12-10-17/h3,5-8,20H,1,4,9-14H2,2H3. The van der Waals surface area contributed by atoms with Crippen LogP contribution in [-0.2, 0) is 9.47 Å². The minimum Gasteiger partial charge on any atom is -0.385 e. The second-order valence-corrected chi connectivity index (χ2v) is 7.82. The summed E-state index contributed by atoms with van der Waals surface area (Å²) in [5.41, 5.74) is 1.28. The zero-order chi connectivity index (χ0) is 14.2. The Hall–Kier alpha value is -0.943. The van der Waals surface area contributed by atoms with E-state index in [4.69, 9.17) is 9.47 Å². The summed E-state index contributed by atoms with van der Waals surface area (Å²) >= 11 is 0. The van der Waals surface area contributed by atoms with Crippen molar-refractivity contribution in [1.29, 1.82) is 0 Å². The van der Waals surface area contributed by atoms with E-state index >= 15 is 0 Å². The van der Waals surface area contributed by atoms with Crippen LogP contribution in [-0.4, -0.2) is 59.0 Å². The quantitative estimate of drug-likeness (QED) is 0.705. The molecule has 110 valence electrons. The van der Waals surface area contributed by atoms with Crippen LogP contribution in [0.1, 0.15) is 12.5 Å². The van der Waals surface area contributed by atoms with Gasteiger partial charge in [0.05, 0.1) is 13.2 Å². The molecule has 0 aromatic heterocycles. The fraction of sp³-hybridized carbons (Fsp3) is 0.500. The maximum absolute atomic E-state index is 5.76. The normalized spacial score (nSPS) is 17.9. The molecule has 3 nitrogen and oxygen atoms in total. The van der Waals surface area contributed by atoms with Gasteiger partial charge in [-0.15, -0.1) is 0 Å². The van der Waals surface area contributed by atoms with Crippen molar-refractivity contribution in [3.05, 3.63) is 36.4 Å². The molecule has 0 amide bonds. The Morgan fingerprint density at radius 2 is 2.10 bits per heavy atom.